The predicted octanol–water partition coefficient (Wildman–Crippen LogP) is 16.4. The van der Waals surface area contributed by atoms with E-state index in [2.05, 4.69) is 104 Å². The van der Waals surface area contributed by atoms with E-state index >= 15 is 0 Å². The highest BCUT2D eigenvalue weighted by atomic mass is 16.7. The Morgan fingerprint density at radius 3 is 1.26 bits per heavy atom. The molecule has 0 radical (unpaired) electrons. The van der Waals surface area contributed by atoms with Crippen LogP contribution in [0.4, 0.5) is 0 Å². The third-order valence-corrected chi connectivity index (χ3v) is 14.4. The third-order valence-electron chi connectivity index (χ3n) is 14.4. The Labute approximate surface area is 466 Å². The highest BCUT2D eigenvalue weighted by molar-refractivity contribution is 5.76. The smallest absolute Gasteiger partial charge is 0.220 e. The molecule has 1 fully saturated rings. The monoisotopic (exact) mass is 1060 g/mol. The van der Waals surface area contributed by atoms with Crippen LogP contribution >= 0.6 is 0 Å². The van der Waals surface area contributed by atoms with Crippen LogP contribution in [0.15, 0.2) is 97.2 Å². The molecule has 9 nitrogen and oxygen atoms in total. The first kappa shape index (κ1) is 71.1. The molecule has 1 amide bonds. The van der Waals surface area contributed by atoms with Crippen LogP contribution < -0.4 is 5.32 Å². The molecule has 9 heteroatoms. The number of ether oxygens (including phenoxy) is 2. The summed E-state index contributed by atoms with van der Waals surface area (Å²) in [6.45, 7) is 3.66. The number of amides is 1. The number of carbonyl (C=O) groups excluding carboxylic acids is 1. The van der Waals surface area contributed by atoms with Crippen molar-refractivity contribution in [2.75, 3.05) is 13.2 Å². The number of carbonyl (C=O) groups is 1. The summed E-state index contributed by atoms with van der Waals surface area (Å²) < 4.78 is 11.3. The van der Waals surface area contributed by atoms with Crippen molar-refractivity contribution in [1.29, 1.82) is 0 Å². The Kier molecular flexibility index (Phi) is 51.9. The number of nitrogens with one attached hydrogen (secondary N) is 1. The fourth-order valence-corrected chi connectivity index (χ4v) is 9.45. The SMILES string of the molecule is CC/C=C\C/C=C\C/C=C\C/C=C\C/C=C\CCCCCCCCCCCC(=O)NC(COC1OC(CO)C(O)C(O)C1O)C(O)/C=C/CC/C=C/CC/C=C/CCCCCCCCCCCCCCCCCCCC. The number of hydrogen-bond acceptors (Lipinski definition) is 8. The minimum Gasteiger partial charge on any atom is -0.394 e. The van der Waals surface area contributed by atoms with Gasteiger partial charge in [-0.2, -0.15) is 0 Å². The molecule has 7 unspecified atom stereocenters. The van der Waals surface area contributed by atoms with Gasteiger partial charge in [0.05, 0.1) is 25.4 Å². The molecule has 0 aliphatic carbocycles. The van der Waals surface area contributed by atoms with Crippen molar-refractivity contribution in [1.82, 2.24) is 5.32 Å². The molecule has 0 aromatic carbocycles. The van der Waals surface area contributed by atoms with Crippen LogP contribution in [0.1, 0.15) is 264 Å². The molecule has 6 N–H and O–H groups in total. The molecule has 7 atom stereocenters. The van der Waals surface area contributed by atoms with Crippen molar-refractivity contribution >= 4 is 5.91 Å². The highest BCUT2D eigenvalue weighted by Gasteiger charge is 2.44. The standard InChI is InChI=1S/C67H117NO8/c1-3-5-7-9-11-13-15-17-19-21-23-25-27-29-30-31-33-34-36-38-40-42-44-46-48-50-52-54-56-61(70)60(59-75-67-66(74)65(73)64(72)62(58-69)76-67)68-63(71)57-55-53-51-49-47-45-43-41-39-37-35-32-28-26-24-22-20-18-16-14-12-10-8-6-4-2/h6,8,12,14,18,20,24,26,32,35,38,40,46,48,54,56,60-62,64-67,69-70,72-74H,3-5,7,9-11,13,15-17,19,21-23,25,27-31,33-34,36-37,39,41-45,47,49-53,55,57-59H2,1-2H3,(H,68,71)/b8-6-,14-12-,20-18-,26-24-,35-32-,40-38+,48-46+,56-54+. The summed E-state index contributed by atoms with van der Waals surface area (Å²) in [4.78, 5) is 13.1. The molecule has 1 saturated heterocycles. The fourth-order valence-electron chi connectivity index (χ4n) is 9.45. The van der Waals surface area contributed by atoms with Crippen molar-refractivity contribution in [3.05, 3.63) is 97.2 Å². The zero-order chi connectivity index (χ0) is 55.0. The highest BCUT2D eigenvalue weighted by Crippen LogP contribution is 2.23. The molecular formula is C67H117NO8. The molecule has 1 aliphatic heterocycles. The van der Waals surface area contributed by atoms with Gasteiger partial charge in [-0.1, -0.05) is 265 Å². The molecule has 0 saturated carbocycles. The van der Waals surface area contributed by atoms with E-state index < -0.39 is 49.5 Å². The van der Waals surface area contributed by atoms with Gasteiger partial charge in [0.15, 0.2) is 6.29 Å². The van der Waals surface area contributed by atoms with Crippen LogP contribution in [0.2, 0.25) is 0 Å². The van der Waals surface area contributed by atoms with E-state index in [4.69, 9.17) is 9.47 Å². The van der Waals surface area contributed by atoms with Crippen LogP contribution in [0.5, 0.6) is 0 Å². The first-order valence-electron chi connectivity index (χ1n) is 31.5. The van der Waals surface area contributed by atoms with Gasteiger partial charge in [0.2, 0.25) is 5.91 Å². The van der Waals surface area contributed by atoms with Gasteiger partial charge >= 0.3 is 0 Å². The zero-order valence-electron chi connectivity index (χ0n) is 48.7. The lowest BCUT2D eigenvalue weighted by Crippen LogP contribution is -2.60. The van der Waals surface area contributed by atoms with E-state index in [0.717, 1.165) is 89.9 Å². The van der Waals surface area contributed by atoms with Gasteiger partial charge in [-0.05, 0) is 89.9 Å². The minimum atomic E-state index is -1.58. The molecular weight excluding hydrogens is 947 g/mol. The second-order valence-corrected chi connectivity index (χ2v) is 21.4. The number of aliphatic hydroxyl groups is 5. The molecule has 438 valence electrons. The topological polar surface area (TPSA) is 149 Å². The van der Waals surface area contributed by atoms with E-state index in [1.165, 1.54) is 154 Å². The van der Waals surface area contributed by atoms with Crippen molar-refractivity contribution < 1.29 is 39.8 Å². The average molecular weight is 1060 g/mol. The molecule has 0 aromatic rings. The quantitative estimate of drug-likeness (QED) is 0.0261. The van der Waals surface area contributed by atoms with Crippen LogP contribution in [-0.2, 0) is 14.3 Å². The summed E-state index contributed by atoms with van der Waals surface area (Å²) in [5.74, 6) is -0.199. The van der Waals surface area contributed by atoms with E-state index in [-0.39, 0.29) is 12.5 Å². The Balaban J connectivity index is 2.24. The summed E-state index contributed by atoms with van der Waals surface area (Å²) in [7, 11) is 0. The largest absolute Gasteiger partial charge is 0.394 e. The molecule has 0 bridgehead atoms. The Hall–Kier alpha value is -2.89. The van der Waals surface area contributed by atoms with Crippen molar-refractivity contribution in [2.45, 2.75) is 307 Å². The maximum atomic E-state index is 13.1. The molecule has 1 rings (SSSR count). The Morgan fingerprint density at radius 1 is 0.461 bits per heavy atom. The third kappa shape index (κ3) is 44.0. The van der Waals surface area contributed by atoms with E-state index in [9.17, 15) is 30.3 Å². The lowest BCUT2D eigenvalue weighted by molar-refractivity contribution is -0.302. The van der Waals surface area contributed by atoms with Crippen molar-refractivity contribution in [3.63, 3.8) is 0 Å². The second kappa shape index (κ2) is 55.4. The Bertz CT molecular complexity index is 1510. The fraction of sp³-hybridized carbons (Fsp3) is 0.746. The second-order valence-electron chi connectivity index (χ2n) is 21.4. The summed E-state index contributed by atoms with van der Waals surface area (Å²) in [5.41, 5.74) is 0. The number of aliphatic hydroxyl groups excluding tert-OH is 5. The minimum absolute atomic E-state index is 0.199. The van der Waals surface area contributed by atoms with Gasteiger partial charge in [0.25, 0.3) is 0 Å². The van der Waals surface area contributed by atoms with Gasteiger partial charge < -0.3 is 40.3 Å². The van der Waals surface area contributed by atoms with Crippen molar-refractivity contribution in [2.24, 2.45) is 0 Å². The summed E-state index contributed by atoms with van der Waals surface area (Å²) >= 11 is 0. The lowest BCUT2D eigenvalue weighted by Gasteiger charge is -2.40. The summed E-state index contributed by atoms with van der Waals surface area (Å²) in [6.07, 6.45) is 73.4. The predicted molar refractivity (Wildman–Crippen MR) is 322 cm³/mol. The van der Waals surface area contributed by atoms with Gasteiger partial charge in [-0.15, -0.1) is 0 Å². The summed E-state index contributed by atoms with van der Waals surface area (Å²) in [6, 6.07) is -0.839. The Morgan fingerprint density at radius 2 is 0.829 bits per heavy atom. The average Bonchev–Trinajstić information content (AvgIpc) is 3.42. The first-order valence-corrected chi connectivity index (χ1v) is 31.5. The molecule has 1 aliphatic rings. The number of allylic oxidation sites excluding steroid dienone is 15. The lowest BCUT2D eigenvalue weighted by atomic mass is 9.99. The molecule has 1 heterocycles. The molecule has 0 aromatic heterocycles. The first-order chi connectivity index (χ1) is 37.3. The maximum Gasteiger partial charge on any atom is 0.220 e. The van der Waals surface area contributed by atoms with Crippen LogP contribution in [0.3, 0.4) is 0 Å². The number of unbranched alkanes of at least 4 members (excludes halogenated alkanes) is 29. The number of hydrogen-bond donors (Lipinski definition) is 6. The summed E-state index contributed by atoms with van der Waals surface area (Å²) in [5, 5.41) is 54.6. The zero-order valence-corrected chi connectivity index (χ0v) is 48.7. The van der Waals surface area contributed by atoms with Gasteiger partial charge in [0.1, 0.15) is 24.4 Å². The van der Waals surface area contributed by atoms with Crippen LogP contribution in [0.25, 0.3) is 0 Å². The van der Waals surface area contributed by atoms with Crippen LogP contribution in [-0.4, -0.2) is 87.5 Å². The van der Waals surface area contributed by atoms with Gasteiger partial charge in [-0.3, -0.25) is 4.79 Å². The van der Waals surface area contributed by atoms with E-state index in [1.54, 1.807) is 6.08 Å². The van der Waals surface area contributed by atoms with Crippen LogP contribution in [0, 0.1) is 0 Å². The molecule has 76 heavy (non-hydrogen) atoms. The normalized spacial score (nSPS) is 19.5. The van der Waals surface area contributed by atoms with E-state index in [1.807, 2.05) is 6.08 Å². The van der Waals surface area contributed by atoms with Crippen molar-refractivity contribution in [3.8, 4) is 0 Å². The van der Waals surface area contributed by atoms with E-state index in [0.29, 0.717) is 6.42 Å². The van der Waals surface area contributed by atoms with Gasteiger partial charge in [0, 0.05) is 6.42 Å². The van der Waals surface area contributed by atoms with Gasteiger partial charge in [-0.25, -0.2) is 0 Å². The number of rotatable bonds is 53. The molecule has 0 spiro atoms. The maximum absolute atomic E-state index is 13.1.